The number of nitrogens with two attached hydrogens (primary N) is 1. The van der Waals surface area contributed by atoms with Crippen molar-refractivity contribution in [3.63, 3.8) is 0 Å². The lowest BCUT2D eigenvalue weighted by Gasteiger charge is -2.10. The van der Waals surface area contributed by atoms with Gasteiger partial charge in [0.2, 0.25) is 0 Å². The van der Waals surface area contributed by atoms with Crippen molar-refractivity contribution >= 4 is 27.0 Å². The molecule has 2 heterocycles. The Bertz CT molecular complexity index is 490. The van der Waals surface area contributed by atoms with Gasteiger partial charge in [-0.15, -0.1) is 0 Å². The largest absolute Gasteiger partial charge is 0.349 e. The average molecular weight is 268 g/mol. The average Bonchev–Trinajstić information content (AvgIpc) is 2.58. The molecule has 0 aliphatic carbocycles. The molecule has 0 aliphatic rings. The molecule has 0 fully saturated rings. The van der Waals surface area contributed by atoms with E-state index in [0.29, 0.717) is 0 Å². The summed E-state index contributed by atoms with van der Waals surface area (Å²) in [6.07, 6.45) is 2.90. The second-order valence-corrected chi connectivity index (χ2v) is 4.56. The molecule has 1 atom stereocenters. The smallest absolute Gasteiger partial charge is 0.0885 e. The molecule has 2 aromatic heterocycles. The number of halogens is 1. The molecule has 80 valence electrons. The molecule has 3 nitrogen and oxygen atoms in total. The number of hydrogen-bond acceptors (Lipinski definition) is 2. The van der Waals surface area contributed by atoms with Crippen molar-refractivity contribution in [1.29, 1.82) is 0 Å². The van der Waals surface area contributed by atoms with E-state index in [4.69, 9.17) is 5.73 Å². The molecule has 1 unspecified atom stereocenters. The van der Waals surface area contributed by atoms with E-state index in [9.17, 15) is 0 Å². The molecule has 0 aliphatic heterocycles. The van der Waals surface area contributed by atoms with E-state index in [2.05, 4.69) is 33.9 Å². The standard InChI is InChI=1S/C11H14BrN3/c1-3-8(13)11-7(12)6-10-9(14-11)4-5-15(10)2/h4-6,8H,3,13H2,1-2H3. The molecule has 0 aromatic carbocycles. The summed E-state index contributed by atoms with van der Waals surface area (Å²) in [6.45, 7) is 2.06. The zero-order chi connectivity index (χ0) is 11.0. The van der Waals surface area contributed by atoms with Crippen LogP contribution in [0.15, 0.2) is 22.8 Å². The van der Waals surface area contributed by atoms with E-state index in [1.807, 2.05) is 23.9 Å². The van der Waals surface area contributed by atoms with Crippen molar-refractivity contribution < 1.29 is 0 Å². The fourth-order valence-electron chi connectivity index (χ4n) is 1.63. The van der Waals surface area contributed by atoms with Crippen LogP contribution in [0.25, 0.3) is 11.0 Å². The van der Waals surface area contributed by atoms with Crippen LogP contribution >= 0.6 is 15.9 Å². The van der Waals surface area contributed by atoms with E-state index in [-0.39, 0.29) is 6.04 Å². The maximum atomic E-state index is 5.99. The molecule has 2 N–H and O–H groups in total. The van der Waals surface area contributed by atoms with Crippen LogP contribution in [0.3, 0.4) is 0 Å². The summed E-state index contributed by atoms with van der Waals surface area (Å²) in [5.74, 6) is 0. The minimum atomic E-state index is 0.00369. The fourth-order valence-corrected chi connectivity index (χ4v) is 2.23. The summed E-state index contributed by atoms with van der Waals surface area (Å²) in [5, 5.41) is 0. The third kappa shape index (κ3) is 1.79. The Morgan fingerprint density at radius 1 is 1.60 bits per heavy atom. The van der Waals surface area contributed by atoms with Crippen molar-refractivity contribution in [2.75, 3.05) is 0 Å². The summed E-state index contributed by atoms with van der Waals surface area (Å²) in [7, 11) is 2.01. The molecular formula is C11H14BrN3. The highest BCUT2D eigenvalue weighted by Crippen LogP contribution is 2.26. The van der Waals surface area contributed by atoms with Crippen molar-refractivity contribution in [2.45, 2.75) is 19.4 Å². The number of aryl methyl sites for hydroxylation is 1. The van der Waals surface area contributed by atoms with E-state index in [1.165, 1.54) is 0 Å². The van der Waals surface area contributed by atoms with E-state index in [1.54, 1.807) is 0 Å². The van der Waals surface area contributed by atoms with Crippen molar-refractivity contribution in [2.24, 2.45) is 12.8 Å². The highest BCUT2D eigenvalue weighted by Gasteiger charge is 2.12. The monoisotopic (exact) mass is 267 g/mol. The maximum Gasteiger partial charge on any atom is 0.0885 e. The number of aromatic nitrogens is 2. The molecule has 0 radical (unpaired) electrons. The molecule has 0 saturated carbocycles. The lowest BCUT2D eigenvalue weighted by Crippen LogP contribution is -2.11. The zero-order valence-electron chi connectivity index (χ0n) is 8.87. The molecule has 0 bridgehead atoms. The van der Waals surface area contributed by atoms with Crippen molar-refractivity contribution in [3.05, 3.63) is 28.5 Å². The number of hydrogen-bond donors (Lipinski definition) is 1. The fraction of sp³-hybridized carbons (Fsp3) is 0.364. The molecule has 0 saturated heterocycles. The number of rotatable bonds is 2. The molecule has 0 amide bonds. The zero-order valence-corrected chi connectivity index (χ0v) is 10.5. The van der Waals surface area contributed by atoms with Gasteiger partial charge < -0.3 is 10.3 Å². The van der Waals surface area contributed by atoms with E-state index >= 15 is 0 Å². The number of nitrogens with zero attached hydrogens (tertiary/aromatic N) is 2. The molecule has 2 aromatic rings. The van der Waals surface area contributed by atoms with Crippen LogP contribution in [0.5, 0.6) is 0 Å². The quantitative estimate of drug-likeness (QED) is 0.910. The van der Waals surface area contributed by atoms with Crippen LogP contribution in [0.1, 0.15) is 25.1 Å². The van der Waals surface area contributed by atoms with Crippen LogP contribution in [0.4, 0.5) is 0 Å². The van der Waals surface area contributed by atoms with Crippen LogP contribution < -0.4 is 5.73 Å². The first kappa shape index (κ1) is 10.6. The van der Waals surface area contributed by atoms with Crippen LogP contribution in [-0.4, -0.2) is 9.55 Å². The lowest BCUT2D eigenvalue weighted by molar-refractivity contribution is 0.675. The molecule has 0 spiro atoms. The van der Waals surface area contributed by atoms with Crippen molar-refractivity contribution in [3.8, 4) is 0 Å². The number of pyridine rings is 1. The van der Waals surface area contributed by atoms with Gasteiger partial charge in [-0.25, -0.2) is 4.98 Å². The first-order chi connectivity index (χ1) is 7.13. The van der Waals surface area contributed by atoms with Gasteiger partial charge in [0.05, 0.1) is 16.7 Å². The Balaban J connectivity index is 2.63. The van der Waals surface area contributed by atoms with Crippen LogP contribution in [-0.2, 0) is 7.05 Å². The van der Waals surface area contributed by atoms with Gasteiger partial charge in [0.1, 0.15) is 0 Å². The van der Waals surface area contributed by atoms with E-state index < -0.39 is 0 Å². The lowest BCUT2D eigenvalue weighted by atomic mass is 10.1. The summed E-state index contributed by atoms with van der Waals surface area (Å²) in [5.41, 5.74) is 9.05. The van der Waals surface area contributed by atoms with Gasteiger partial charge in [-0.05, 0) is 34.5 Å². The SMILES string of the molecule is CCC(N)c1nc2ccn(C)c2cc1Br. The van der Waals surface area contributed by atoms with Crippen LogP contribution in [0.2, 0.25) is 0 Å². The summed E-state index contributed by atoms with van der Waals surface area (Å²) in [4.78, 5) is 4.57. The molecule has 4 heteroatoms. The Morgan fingerprint density at radius 2 is 2.33 bits per heavy atom. The highest BCUT2D eigenvalue weighted by atomic mass is 79.9. The van der Waals surface area contributed by atoms with Gasteiger partial charge in [-0.1, -0.05) is 6.92 Å². The normalized spacial score (nSPS) is 13.3. The van der Waals surface area contributed by atoms with E-state index in [0.717, 1.165) is 27.6 Å². The van der Waals surface area contributed by atoms with Gasteiger partial charge in [-0.3, -0.25) is 0 Å². The molecule has 15 heavy (non-hydrogen) atoms. The maximum absolute atomic E-state index is 5.99. The predicted molar refractivity (Wildman–Crippen MR) is 65.6 cm³/mol. The van der Waals surface area contributed by atoms with Gasteiger partial charge in [0, 0.05) is 23.8 Å². The second-order valence-electron chi connectivity index (χ2n) is 3.70. The summed E-state index contributed by atoms with van der Waals surface area (Å²) < 4.78 is 3.04. The Labute approximate surface area is 97.4 Å². The third-order valence-corrected chi connectivity index (χ3v) is 3.27. The highest BCUT2D eigenvalue weighted by molar-refractivity contribution is 9.10. The first-order valence-electron chi connectivity index (χ1n) is 5.00. The first-order valence-corrected chi connectivity index (χ1v) is 5.79. The molecule has 2 rings (SSSR count). The van der Waals surface area contributed by atoms with Gasteiger partial charge >= 0.3 is 0 Å². The van der Waals surface area contributed by atoms with Crippen LogP contribution in [0, 0.1) is 0 Å². The number of fused-ring (bicyclic) bond motifs is 1. The summed E-state index contributed by atoms with van der Waals surface area (Å²) in [6, 6.07) is 4.09. The Kier molecular flexibility index (Phi) is 2.80. The Morgan fingerprint density at radius 3 is 3.00 bits per heavy atom. The van der Waals surface area contributed by atoms with Crippen molar-refractivity contribution in [1.82, 2.24) is 9.55 Å². The van der Waals surface area contributed by atoms with Gasteiger partial charge in [0.25, 0.3) is 0 Å². The minimum Gasteiger partial charge on any atom is -0.349 e. The second kappa shape index (κ2) is 3.94. The topological polar surface area (TPSA) is 43.8 Å². The van der Waals surface area contributed by atoms with Gasteiger partial charge in [-0.2, -0.15) is 0 Å². The third-order valence-electron chi connectivity index (χ3n) is 2.64. The van der Waals surface area contributed by atoms with Gasteiger partial charge in [0.15, 0.2) is 0 Å². The predicted octanol–water partition coefficient (Wildman–Crippen LogP) is 2.75. The Hall–Kier alpha value is -0.870. The molecular weight excluding hydrogens is 254 g/mol. The minimum absolute atomic E-state index is 0.00369. The summed E-state index contributed by atoms with van der Waals surface area (Å²) >= 11 is 3.52.